The summed E-state index contributed by atoms with van der Waals surface area (Å²) in [6.07, 6.45) is 0. The largest absolute Gasteiger partial charge is 0.419 e. The minimum Gasteiger partial charge on any atom is -0.419 e. The summed E-state index contributed by atoms with van der Waals surface area (Å²) >= 11 is 3.06. The SMILES string of the molecule is Cc1ccc(Nc2nnc(S[C@@H](C)c3nnc(-c4ccccc4)o3)s2)c(C)c1. The third-order valence-electron chi connectivity index (χ3n) is 4.12. The van der Waals surface area contributed by atoms with Gasteiger partial charge in [-0.2, -0.15) is 0 Å². The highest BCUT2D eigenvalue weighted by Gasteiger charge is 2.18. The van der Waals surface area contributed by atoms with Crippen molar-refractivity contribution < 1.29 is 4.42 Å². The number of aryl methyl sites for hydroxylation is 2. The van der Waals surface area contributed by atoms with Gasteiger partial charge in [-0.3, -0.25) is 0 Å². The Kier molecular flexibility index (Phi) is 5.40. The van der Waals surface area contributed by atoms with E-state index in [0.29, 0.717) is 11.8 Å². The van der Waals surface area contributed by atoms with E-state index in [9.17, 15) is 0 Å². The predicted molar refractivity (Wildman–Crippen MR) is 113 cm³/mol. The average molecular weight is 410 g/mol. The van der Waals surface area contributed by atoms with E-state index in [0.717, 1.165) is 20.7 Å². The van der Waals surface area contributed by atoms with Gasteiger partial charge in [0.1, 0.15) is 0 Å². The first-order valence-corrected chi connectivity index (χ1v) is 10.5. The minimum absolute atomic E-state index is 0.0214. The van der Waals surface area contributed by atoms with Crippen LogP contribution in [0.15, 0.2) is 57.3 Å². The molecule has 0 saturated heterocycles. The van der Waals surface area contributed by atoms with Gasteiger partial charge in [0, 0.05) is 11.3 Å². The molecule has 4 rings (SSSR count). The number of thioether (sulfide) groups is 1. The molecule has 0 radical (unpaired) electrons. The maximum absolute atomic E-state index is 5.83. The molecule has 142 valence electrons. The van der Waals surface area contributed by atoms with Crippen molar-refractivity contribution in [1.82, 2.24) is 20.4 Å². The first-order chi connectivity index (χ1) is 13.6. The molecule has 28 heavy (non-hydrogen) atoms. The molecule has 1 atom stereocenters. The number of nitrogens with zero attached hydrogens (tertiary/aromatic N) is 4. The fraction of sp³-hybridized carbons (Fsp3) is 0.200. The molecule has 0 aliphatic rings. The molecule has 0 aliphatic carbocycles. The Morgan fingerprint density at radius 2 is 1.82 bits per heavy atom. The summed E-state index contributed by atoms with van der Waals surface area (Å²) in [6, 6.07) is 16.0. The van der Waals surface area contributed by atoms with Crippen molar-refractivity contribution in [2.45, 2.75) is 30.4 Å². The second-order valence-electron chi connectivity index (χ2n) is 6.39. The van der Waals surface area contributed by atoms with Gasteiger partial charge in [0.2, 0.25) is 16.9 Å². The van der Waals surface area contributed by atoms with E-state index in [-0.39, 0.29) is 5.25 Å². The first kappa shape index (κ1) is 18.6. The molecular formula is C20H19N5OS2. The number of hydrogen-bond acceptors (Lipinski definition) is 8. The van der Waals surface area contributed by atoms with Gasteiger partial charge in [-0.25, -0.2) is 0 Å². The van der Waals surface area contributed by atoms with Gasteiger partial charge in [-0.1, -0.05) is 59.0 Å². The normalized spacial score (nSPS) is 12.1. The van der Waals surface area contributed by atoms with Crippen LogP contribution in [0.25, 0.3) is 11.5 Å². The molecule has 0 spiro atoms. The Balaban J connectivity index is 1.43. The molecule has 6 nitrogen and oxygen atoms in total. The summed E-state index contributed by atoms with van der Waals surface area (Å²) in [5, 5.41) is 20.9. The standard InChI is InChI=1S/C20H19N5OS2/c1-12-9-10-16(13(2)11-12)21-19-24-25-20(28-19)27-14(3)17-22-23-18(26-17)15-7-5-4-6-8-15/h4-11,14H,1-3H3,(H,21,24)/t14-/m0/s1. The fourth-order valence-corrected chi connectivity index (χ4v) is 4.61. The van der Waals surface area contributed by atoms with Crippen molar-refractivity contribution in [3.8, 4) is 11.5 Å². The maximum Gasteiger partial charge on any atom is 0.247 e. The van der Waals surface area contributed by atoms with Crippen LogP contribution in [0.1, 0.15) is 29.2 Å². The zero-order valence-corrected chi connectivity index (χ0v) is 17.3. The lowest BCUT2D eigenvalue weighted by Crippen LogP contribution is -1.92. The third kappa shape index (κ3) is 4.23. The summed E-state index contributed by atoms with van der Waals surface area (Å²) in [4.78, 5) is 0. The zero-order chi connectivity index (χ0) is 19.5. The summed E-state index contributed by atoms with van der Waals surface area (Å²) in [7, 11) is 0. The molecule has 0 saturated carbocycles. The third-order valence-corrected chi connectivity index (χ3v) is 6.13. The van der Waals surface area contributed by atoms with E-state index in [1.54, 1.807) is 11.8 Å². The highest BCUT2D eigenvalue weighted by Crippen LogP contribution is 2.38. The van der Waals surface area contributed by atoms with E-state index < -0.39 is 0 Å². The Morgan fingerprint density at radius 1 is 1.00 bits per heavy atom. The number of rotatable bonds is 6. The Bertz CT molecular complexity index is 1080. The molecule has 0 bridgehead atoms. The molecule has 8 heteroatoms. The molecule has 0 amide bonds. The van der Waals surface area contributed by atoms with Crippen molar-refractivity contribution >= 4 is 33.9 Å². The lowest BCUT2D eigenvalue weighted by molar-refractivity contribution is 0.509. The maximum atomic E-state index is 5.83. The van der Waals surface area contributed by atoms with E-state index in [4.69, 9.17) is 4.42 Å². The van der Waals surface area contributed by atoms with Crippen LogP contribution in [0.3, 0.4) is 0 Å². The topological polar surface area (TPSA) is 76.7 Å². The van der Waals surface area contributed by atoms with Gasteiger partial charge in [-0.05, 0) is 44.5 Å². The molecule has 0 aliphatic heterocycles. The lowest BCUT2D eigenvalue weighted by Gasteiger charge is -2.06. The number of aromatic nitrogens is 4. The minimum atomic E-state index is -0.0214. The smallest absolute Gasteiger partial charge is 0.247 e. The summed E-state index contributed by atoms with van der Waals surface area (Å²) in [5.74, 6) is 1.10. The second kappa shape index (κ2) is 8.12. The zero-order valence-electron chi connectivity index (χ0n) is 15.7. The van der Waals surface area contributed by atoms with Crippen LogP contribution in [0.5, 0.6) is 0 Å². The number of benzene rings is 2. The molecular weight excluding hydrogens is 390 g/mol. The van der Waals surface area contributed by atoms with Crippen LogP contribution in [0.2, 0.25) is 0 Å². The molecule has 2 heterocycles. The summed E-state index contributed by atoms with van der Waals surface area (Å²) in [5.41, 5.74) is 4.36. The Morgan fingerprint density at radius 3 is 2.61 bits per heavy atom. The van der Waals surface area contributed by atoms with Crippen molar-refractivity contribution in [1.29, 1.82) is 0 Å². The highest BCUT2D eigenvalue weighted by molar-refractivity contribution is 8.01. The van der Waals surface area contributed by atoms with Crippen LogP contribution in [-0.2, 0) is 0 Å². The van der Waals surface area contributed by atoms with Crippen LogP contribution in [0, 0.1) is 13.8 Å². The number of hydrogen-bond donors (Lipinski definition) is 1. The van der Waals surface area contributed by atoms with Crippen LogP contribution in [0.4, 0.5) is 10.8 Å². The molecule has 1 N–H and O–H groups in total. The van der Waals surface area contributed by atoms with Gasteiger partial charge in [0.05, 0.1) is 5.25 Å². The molecule has 0 fully saturated rings. The average Bonchev–Trinajstić information content (AvgIpc) is 3.35. The van der Waals surface area contributed by atoms with Crippen molar-refractivity contribution in [2.75, 3.05) is 5.32 Å². The fourth-order valence-electron chi connectivity index (χ4n) is 2.67. The van der Waals surface area contributed by atoms with Gasteiger partial charge in [-0.15, -0.1) is 20.4 Å². The second-order valence-corrected chi connectivity index (χ2v) is 8.95. The van der Waals surface area contributed by atoms with E-state index in [1.807, 2.05) is 37.3 Å². The quantitative estimate of drug-likeness (QED) is 0.403. The summed E-state index contributed by atoms with van der Waals surface area (Å²) < 4.78 is 6.68. The van der Waals surface area contributed by atoms with Gasteiger partial charge in [0.15, 0.2) is 4.34 Å². The summed E-state index contributed by atoms with van der Waals surface area (Å²) in [6.45, 7) is 6.18. The Labute approximate surface area is 171 Å². The predicted octanol–water partition coefficient (Wildman–Crippen LogP) is 5.80. The van der Waals surface area contributed by atoms with Crippen molar-refractivity contribution in [2.24, 2.45) is 0 Å². The van der Waals surface area contributed by atoms with E-state index in [2.05, 4.69) is 57.8 Å². The van der Waals surface area contributed by atoms with E-state index in [1.165, 1.54) is 22.5 Å². The van der Waals surface area contributed by atoms with Gasteiger partial charge in [0.25, 0.3) is 0 Å². The van der Waals surface area contributed by atoms with Gasteiger partial charge < -0.3 is 9.73 Å². The lowest BCUT2D eigenvalue weighted by atomic mass is 10.1. The first-order valence-electron chi connectivity index (χ1n) is 8.82. The van der Waals surface area contributed by atoms with E-state index >= 15 is 0 Å². The van der Waals surface area contributed by atoms with Crippen molar-refractivity contribution in [3.63, 3.8) is 0 Å². The van der Waals surface area contributed by atoms with Gasteiger partial charge >= 0.3 is 0 Å². The number of nitrogens with one attached hydrogen (secondary N) is 1. The molecule has 4 aromatic rings. The van der Waals surface area contributed by atoms with Crippen LogP contribution < -0.4 is 5.32 Å². The highest BCUT2D eigenvalue weighted by atomic mass is 32.2. The number of anilines is 2. The van der Waals surface area contributed by atoms with Crippen LogP contribution >= 0.6 is 23.1 Å². The monoisotopic (exact) mass is 409 g/mol. The van der Waals surface area contributed by atoms with Crippen LogP contribution in [-0.4, -0.2) is 20.4 Å². The van der Waals surface area contributed by atoms with Crippen molar-refractivity contribution in [3.05, 3.63) is 65.5 Å². The molecule has 0 unspecified atom stereocenters. The molecule has 2 aromatic heterocycles. The molecule has 2 aromatic carbocycles. The Hall–Kier alpha value is -2.71.